The van der Waals surface area contributed by atoms with Crippen LogP contribution < -0.4 is 10.6 Å². The van der Waals surface area contributed by atoms with Crippen LogP contribution in [0.2, 0.25) is 0 Å². The van der Waals surface area contributed by atoms with E-state index in [4.69, 9.17) is 5.73 Å². The molecule has 1 aliphatic carbocycles. The number of hydrogen-bond donors (Lipinski definition) is 1. The van der Waals surface area contributed by atoms with Gasteiger partial charge in [0.25, 0.3) is 0 Å². The molecule has 0 bridgehead atoms. The van der Waals surface area contributed by atoms with Gasteiger partial charge in [0.1, 0.15) is 5.82 Å². The van der Waals surface area contributed by atoms with Crippen molar-refractivity contribution in [1.29, 1.82) is 5.26 Å². The van der Waals surface area contributed by atoms with Crippen LogP contribution in [-0.2, 0) is 16.7 Å². The van der Waals surface area contributed by atoms with E-state index in [1.807, 2.05) is 34.6 Å². The first-order valence-electron chi connectivity index (χ1n) is 14.1. The fourth-order valence-corrected chi connectivity index (χ4v) is 7.08. The zero-order chi connectivity index (χ0) is 31.3. The highest BCUT2D eigenvalue weighted by atomic mass is 32.2. The van der Waals surface area contributed by atoms with Crippen LogP contribution in [0.3, 0.4) is 0 Å². The fourth-order valence-electron chi connectivity index (χ4n) is 6.11. The maximum atomic E-state index is 14.0. The highest BCUT2D eigenvalue weighted by Gasteiger charge is 2.45. The standard InChI is InChI=1S/C35H34F3N3OS/c1-20-9-11-26(12-10-20)43-19-23-14-27(22(3)13-21(23)2)31-28(18-39)33(40)41(25-8-6-7-24(15-25)35(36,37)38)29-16-34(4,5)17-30(42)32(29)31/h6-15,31H,16-17,19,40H2,1-5H3. The number of carbonyl (C=O) groups is 1. The molecule has 222 valence electrons. The van der Waals surface area contributed by atoms with Crippen molar-refractivity contribution in [1.82, 2.24) is 0 Å². The first-order valence-corrected chi connectivity index (χ1v) is 15.1. The quantitative estimate of drug-likeness (QED) is 0.296. The number of thioether (sulfide) groups is 1. The molecule has 4 nitrogen and oxygen atoms in total. The summed E-state index contributed by atoms with van der Waals surface area (Å²) in [5.74, 6) is -0.0933. The fraction of sp³-hybridized carbons (Fsp3) is 0.314. The maximum absolute atomic E-state index is 14.0. The minimum atomic E-state index is -4.56. The minimum Gasteiger partial charge on any atom is -0.384 e. The number of ketones is 1. The summed E-state index contributed by atoms with van der Waals surface area (Å²) in [5.41, 5.74) is 11.9. The Morgan fingerprint density at radius 2 is 1.72 bits per heavy atom. The summed E-state index contributed by atoms with van der Waals surface area (Å²) in [4.78, 5) is 16.6. The molecule has 3 aromatic carbocycles. The lowest BCUT2D eigenvalue weighted by Crippen LogP contribution is -2.42. The van der Waals surface area contributed by atoms with Gasteiger partial charge in [0.15, 0.2) is 5.78 Å². The Bertz CT molecular complexity index is 1710. The summed E-state index contributed by atoms with van der Waals surface area (Å²) in [6, 6.07) is 19.6. The number of Topliss-reactive ketones (excluding diaryl/α,β-unsaturated/α-hetero) is 1. The van der Waals surface area contributed by atoms with E-state index in [-0.39, 0.29) is 29.3 Å². The number of rotatable bonds is 5. The number of aryl methyl sites for hydroxylation is 3. The lowest BCUT2D eigenvalue weighted by Gasteiger charge is -2.44. The van der Waals surface area contributed by atoms with Gasteiger partial charge < -0.3 is 5.73 Å². The molecule has 5 rings (SSSR count). The molecule has 8 heteroatoms. The Balaban J connectivity index is 1.67. The third-order valence-corrected chi connectivity index (χ3v) is 9.32. The number of benzene rings is 3. The van der Waals surface area contributed by atoms with Crippen molar-refractivity contribution in [3.05, 3.63) is 117 Å². The predicted molar refractivity (Wildman–Crippen MR) is 165 cm³/mol. The number of nitrogens with two attached hydrogens (primary N) is 1. The number of allylic oxidation sites excluding steroid dienone is 3. The van der Waals surface area contributed by atoms with Crippen molar-refractivity contribution >= 4 is 23.2 Å². The van der Waals surface area contributed by atoms with Crippen LogP contribution >= 0.6 is 11.8 Å². The summed E-state index contributed by atoms with van der Waals surface area (Å²) >= 11 is 1.71. The molecule has 0 radical (unpaired) electrons. The van der Waals surface area contributed by atoms with Crippen LogP contribution in [0, 0.1) is 37.5 Å². The van der Waals surface area contributed by atoms with Gasteiger partial charge in [-0.15, -0.1) is 11.8 Å². The van der Waals surface area contributed by atoms with Gasteiger partial charge in [-0.3, -0.25) is 9.69 Å². The summed E-state index contributed by atoms with van der Waals surface area (Å²) in [7, 11) is 0. The minimum absolute atomic E-state index is 0.0478. The first-order chi connectivity index (χ1) is 20.2. The maximum Gasteiger partial charge on any atom is 0.416 e. The number of alkyl halides is 3. The topological polar surface area (TPSA) is 70.1 Å². The SMILES string of the molecule is Cc1ccc(SCc2cc(C3C(C#N)=C(N)N(c4cccc(C(F)(F)F)c4)C4=C3C(=O)CC(C)(C)C4)c(C)cc2C)cc1. The number of hydrogen-bond acceptors (Lipinski definition) is 5. The van der Waals surface area contributed by atoms with E-state index in [1.54, 1.807) is 11.8 Å². The third-order valence-electron chi connectivity index (χ3n) is 8.26. The second-order valence-electron chi connectivity index (χ2n) is 12.3. The molecule has 1 unspecified atom stereocenters. The zero-order valence-electron chi connectivity index (χ0n) is 24.9. The van der Waals surface area contributed by atoms with E-state index in [2.05, 4.69) is 42.5 Å². The van der Waals surface area contributed by atoms with Crippen LogP contribution in [0.4, 0.5) is 18.9 Å². The molecule has 0 fully saturated rings. The number of carbonyl (C=O) groups excluding carboxylic acids is 1. The molecule has 0 saturated carbocycles. The predicted octanol–water partition coefficient (Wildman–Crippen LogP) is 8.86. The molecule has 1 atom stereocenters. The molecular weight excluding hydrogens is 567 g/mol. The molecule has 0 aromatic heterocycles. The van der Waals surface area contributed by atoms with E-state index in [0.29, 0.717) is 23.4 Å². The van der Waals surface area contributed by atoms with Crippen LogP contribution in [0.5, 0.6) is 0 Å². The number of anilines is 1. The van der Waals surface area contributed by atoms with Gasteiger partial charge in [0.2, 0.25) is 0 Å². The summed E-state index contributed by atoms with van der Waals surface area (Å²) in [6.45, 7) is 9.98. The molecule has 3 aromatic rings. The summed E-state index contributed by atoms with van der Waals surface area (Å²) in [6.07, 6.45) is -3.88. The van der Waals surface area contributed by atoms with Crippen LogP contribution in [0.25, 0.3) is 0 Å². The molecule has 1 aliphatic heterocycles. The van der Waals surface area contributed by atoms with Gasteiger partial charge in [0, 0.05) is 34.0 Å². The average molecular weight is 602 g/mol. The second kappa shape index (κ2) is 11.3. The van der Waals surface area contributed by atoms with E-state index in [9.17, 15) is 23.2 Å². The zero-order valence-corrected chi connectivity index (χ0v) is 25.7. The molecule has 0 spiro atoms. The molecule has 43 heavy (non-hydrogen) atoms. The largest absolute Gasteiger partial charge is 0.416 e. The van der Waals surface area contributed by atoms with Gasteiger partial charge >= 0.3 is 6.18 Å². The monoisotopic (exact) mass is 601 g/mol. The molecule has 0 saturated heterocycles. The molecule has 0 amide bonds. The molecular formula is C35H34F3N3OS. The van der Waals surface area contributed by atoms with Crippen molar-refractivity contribution in [2.45, 2.75) is 70.2 Å². The van der Waals surface area contributed by atoms with Gasteiger partial charge in [-0.2, -0.15) is 18.4 Å². The van der Waals surface area contributed by atoms with Crippen molar-refractivity contribution in [2.75, 3.05) is 4.90 Å². The average Bonchev–Trinajstić information content (AvgIpc) is 2.92. The normalized spacial score (nSPS) is 18.5. The molecule has 2 N–H and O–H groups in total. The Morgan fingerprint density at radius 3 is 2.37 bits per heavy atom. The Hall–Kier alpha value is -3.96. The number of nitrogens with zero attached hydrogens (tertiary/aromatic N) is 2. The summed E-state index contributed by atoms with van der Waals surface area (Å²) < 4.78 is 41.1. The Kier molecular flexibility index (Phi) is 8.00. The van der Waals surface area contributed by atoms with Crippen molar-refractivity contribution in [3.8, 4) is 6.07 Å². The van der Waals surface area contributed by atoms with E-state index >= 15 is 0 Å². The van der Waals surface area contributed by atoms with Crippen LogP contribution in [-0.4, -0.2) is 5.78 Å². The van der Waals surface area contributed by atoms with Gasteiger partial charge in [-0.1, -0.05) is 49.7 Å². The van der Waals surface area contributed by atoms with Gasteiger partial charge in [-0.25, -0.2) is 0 Å². The first kappa shape index (κ1) is 30.5. The molecule has 2 aliphatic rings. The van der Waals surface area contributed by atoms with Gasteiger partial charge in [0.05, 0.1) is 23.1 Å². The second-order valence-corrected chi connectivity index (χ2v) is 13.3. The number of halogens is 3. The van der Waals surface area contributed by atoms with Crippen LogP contribution in [0.1, 0.15) is 66.0 Å². The van der Waals surface area contributed by atoms with Crippen molar-refractivity contribution in [2.24, 2.45) is 11.1 Å². The van der Waals surface area contributed by atoms with E-state index < -0.39 is 23.1 Å². The highest BCUT2D eigenvalue weighted by Crippen LogP contribution is 2.51. The number of nitriles is 1. The van der Waals surface area contributed by atoms with E-state index in [1.165, 1.54) is 22.6 Å². The smallest absolute Gasteiger partial charge is 0.384 e. The van der Waals surface area contributed by atoms with Crippen molar-refractivity contribution < 1.29 is 18.0 Å². The Labute approximate surface area is 255 Å². The highest BCUT2D eigenvalue weighted by molar-refractivity contribution is 7.98. The lowest BCUT2D eigenvalue weighted by atomic mass is 9.68. The van der Waals surface area contributed by atoms with E-state index in [0.717, 1.165) is 39.3 Å². The lowest BCUT2D eigenvalue weighted by molar-refractivity contribution is -0.137. The summed E-state index contributed by atoms with van der Waals surface area (Å²) in [5, 5.41) is 10.5. The van der Waals surface area contributed by atoms with Crippen molar-refractivity contribution in [3.63, 3.8) is 0 Å². The van der Waals surface area contributed by atoms with Gasteiger partial charge in [-0.05, 0) is 85.2 Å². The Morgan fingerprint density at radius 1 is 1.02 bits per heavy atom. The van der Waals surface area contributed by atoms with Crippen LogP contribution in [0.15, 0.2) is 88.2 Å². The third kappa shape index (κ3) is 5.96. The molecule has 1 heterocycles.